The lowest BCUT2D eigenvalue weighted by Gasteiger charge is -2.34. The van der Waals surface area contributed by atoms with E-state index in [9.17, 15) is 19.5 Å². The highest BCUT2D eigenvalue weighted by Crippen LogP contribution is 2.53. The van der Waals surface area contributed by atoms with Crippen LogP contribution in [0, 0.1) is 0 Å². The number of ketones is 1. The summed E-state index contributed by atoms with van der Waals surface area (Å²) in [5, 5.41) is 11.3. The molecule has 4 rings (SSSR count). The minimum atomic E-state index is -1.72. The van der Waals surface area contributed by atoms with E-state index in [1.54, 1.807) is 55.6 Å². The number of aliphatic hydroxyl groups is 1. The van der Waals surface area contributed by atoms with Gasteiger partial charge in [0.1, 0.15) is 11.5 Å². The molecule has 0 aliphatic carbocycles. The maximum absolute atomic E-state index is 13.8. The molecule has 1 spiro atoms. The van der Waals surface area contributed by atoms with Gasteiger partial charge in [-0.05, 0) is 44.4 Å². The number of aliphatic hydroxyl groups excluding tert-OH is 1. The lowest BCUT2D eigenvalue weighted by atomic mass is 9.82. The number of carbonyl (C=O) groups excluding carboxylic acids is 3. The third kappa shape index (κ3) is 2.90. The molecule has 8 heteroatoms. The number of methoxy groups -OCH3 is 1. The summed E-state index contributed by atoms with van der Waals surface area (Å²) in [4.78, 5) is 44.9. The van der Waals surface area contributed by atoms with E-state index in [0.29, 0.717) is 29.1 Å². The number of Topliss-reactive ketones (excluding diaryl/α,β-unsaturated/α-hetero) is 1. The number of nitrogens with zero attached hydrogens (tertiary/aromatic N) is 3. The molecule has 1 atom stereocenters. The van der Waals surface area contributed by atoms with Gasteiger partial charge in [0.05, 0.1) is 12.7 Å². The highest BCUT2D eigenvalue weighted by atomic mass is 16.5. The summed E-state index contributed by atoms with van der Waals surface area (Å²) in [6.07, 6.45) is 0. The molecular formula is C24H25N3O5. The standard InChI is InChI=1S/C24H25N3O5/c1-25(2)13-14-27-22(30)21(29)19(20(28)15-9-11-16(32-4)12-10-15)24(27)17-7-5-6-8-18(17)26(3)23(24)31/h5-12,28H,13-14H2,1-4H3/b20-19-. The molecule has 2 aliphatic heterocycles. The average molecular weight is 435 g/mol. The number of likely N-dealkylation sites (tertiary alicyclic amines) is 1. The summed E-state index contributed by atoms with van der Waals surface area (Å²) < 4.78 is 5.16. The monoisotopic (exact) mass is 435 g/mol. The van der Waals surface area contributed by atoms with Gasteiger partial charge in [0.15, 0.2) is 5.54 Å². The van der Waals surface area contributed by atoms with Crippen LogP contribution in [0.15, 0.2) is 54.1 Å². The molecular weight excluding hydrogens is 410 g/mol. The normalized spacial score (nSPS) is 21.7. The van der Waals surface area contributed by atoms with Crippen LogP contribution in [0.5, 0.6) is 5.75 Å². The maximum Gasteiger partial charge on any atom is 0.296 e. The molecule has 8 nitrogen and oxygen atoms in total. The van der Waals surface area contributed by atoms with Crippen molar-refractivity contribution >= 4 is 29.0 Å². The van der Waals surface area contributed by atoms with Crippen LogP contribution in [0.2, 0.25) is 0 Å². The number of ether oxygens (including phenoxy) is 1. The van der Waals surface area contributed by atoms with Crippen molar-refractivity contribution in [1.29, 1.82) is 0 Å². The number of hydrogen-bond acceptors (Lipinski definition) is 6. The number of carbonyl (C=O) groups is 3. The summed E-state index contributed by atoms with van der Waals surface area (Å²) >= 11 is 0. The second kappa shape index (κ2) is 7.80. The number of likely N-dealkylation sites (N-methyl/N-ethyl adjacent to an activating group) is 2. The molecule has 2 aromatic carbocycles. The lowest BCUT2D eigenvalue weighted by Crippen LogP contribution is -2.52. The van der Waals surface area contributed by atoms with E-state index in [2.05, 4.69) is 0 Å². The van der Waals surface area contributed by atoms with Crippen molar-refractivity contribution in [3.8, 4) is 5.75 Å². The van der Waals surface area contributed by atoms with Crippen molar-refractivity contribution in [2.45, 2.75) is 5.54 Å². The van der Waals surface area contributed by atoms with Gasteiger partial charge in [-0.2, -0.15) is 0 Å². The van der Waals surface area contributed by atoms with Crippen LogP contribution in [0.4, 0.5) is 5.69 Å². The molecule has 0 saturated carbocycles. The molecule has 1 saturated heterocycles. The fourth-order valence-corrected chi connectivity index (χ4v) is 4.46. The summed E-state index contributed by atoms with van der Waals surface area (Å²) in [5.74, 6) is -1.95. The van der Waals surface area contributed by atoms with E-state index in [0.717, 1.165) is 0 Å². The molecule has 1 N–H and O–H groups in total. The minimum absolute atomic E-state index is 0.144. The van der Waals surface area contributed by atoms with Gasteiger partial charge in [0.25, 0.3) is 17.6 Å². The fourth-order valence-electron chi connectivity index (χ4n) is 4.46. The Labute approximate surface area is 186 Å². The zero-order valence-electron chi connectivity index (χ0n) is 18.5. The predicted octanol–water partition coefficient (Wildman–Crippen LogP) is 1.81. The minimum Gasteiger partial charge on any atom is -0.507 e. The summed E-state index contributed by atoms with van der Waals surface area (Å²) in [5.41, 5.74) is -0.529. The van der Waals surface area contributed by atoms with E-state index < -0.39 is 28.9 Å². The van der Waals surface area contributed by atoms with Crippen LogP contribution in [0.3, 0.4) is 0 Å². The number of rotatable bonds is 5. The van der Waals surface area contributed by atoms with Gasteiger partial charge in [-0.3, -0.25) is 14.4 Å². The second-order valence-electron chi connectivity index (χ2n) is 8.13. The first-order valence-electron chi connectivity index (χ1n) is 10.2. The van der Waals surface area contributed by atoms with Crippen molar-refractivity contribution in [3.63, 3.8) is 0 Å². The maximum atomic E-state index is 13.8. The second-order valence-corrected chi connectivity index (χ2v) is 8.13. The smallest absolute Gasteiger partial charge is 0.296 e. The van der Waals surface area contributed by atoms with E-state index in [1.807, 2.05) is 19.0 Å². The van der Waals surface area contributed by atoms with Crippen molar-refractivity contribution < 1.29 is 24.2 Å². The van der Waals surface area contributed by atoms with Gasteiger partial charge >= 0.3 is 0 Å². The van der Waals surface area contributed by atoms with E-state index in [-0.39, 0.29) is 12.1 Å². The van der Waals surface area contributed by atoms with Gasteiger partial charge < -0.3 is 24.5 Å². The van der Waals surface area contributed by atoms with Gasteiger partial charge in [-0.1, -0.05) is 18.2 Å². The van der Waals surface area contributed by atoms with Gasteiger partial charge in [0, 0.05) is 37.0 Å². The highest BCUT2D eigenvalue weighted by molar-refractivity contribution is 6.50. The van der Waals surface area contributed by atoms with Crippen LogP contribution in [-0.2, 0) is 19.9 Å². The molecule has 2 heterocycles. The first kappa shape index (κ1) is 21.6. The van der Waals surface area contributed by atoms with Crippen molar-refractivity contribution in [2.75, 3.05) is 46.2 Å². The van der Waals surface area contributed by atoms with Crippen LogP contribution in [0.1, 0.15) is 11.1 Å². The fraction of sp³-hybridized carbons (Fsp3) is 0.292. The molecule has 2 aliphatic rings. The van der Waals surface area contributed by atoms with Crippen molar-refractivity contribution in [1.82, 2.24) is 9.80 Å². The Morgan fingerprint density at radius 2 is 1.72 bits per heavy atom. The van der Waals surface area contributed by atoms with Crippen LogP contribution in [0.25, 0.3) is 5.76 Å². The van der Waals surface area contributed by atoms with Crippen LogP contribution < -0.4 is 9.64 Å². The Morgan fingerprint density at radius 3 is 2.34 bits per heavy atom. The van der Waals surface area contributed by atoms with E-state index >= 15 is 0 Å². The number of fused-ring (bicyclic) bond motifs is 2. The topological polar surface area (TPSA) is 90.4 Å². The molecule has 2 amide bonds. The average Bonchev–Trinajstić information content (AvgIpc) is 3.15. The number of anilines is 1. The Kier molecular flexibility index (Phi) is 5.26. The summed E-state index contributed by atoms with van der Waals surface area (Å²) in [6, 6.07) is 13.5. The Hall–Kier alpha value is -3.65. The number of amides is 2. The third-order valence-corrected chi connectivity index (χ3v) is 6.07. The molecule has 0 bridgehead atoms. The van der Waals surface area contributed by atoms with E-state index in [1.165, 1.54) is 16.9 Å². The van der Waals surface area contributed by atoms with Gasteiger partial charge in [-0.25, -0.2) is 0 Å². The first-order chi connectivity index (χ1) is 15.2. The van der Waals surface area contributed by atoms with Gasteiger partial charge in [-0.15, -0.1) is 0 Å². The number of benzene rings is 2. The Balaban J connectivity index is 2.01. The van der Waals surface area contributed by atoms with Gasteiger partial charge in [0.2, 0.25) is 0 Å². The first-order valence-corrected chi connectivity index (χ1v) is 10.2. The number of para-hydroxylation sites is 1. The zero-order valence-corrected chi connectivity index (χ0v) is 18.5. The van der Waals surface area contributed by atoms with Crippen LogP contribution in [-0.4, -0.2) is 73.8 Å². The Morgan fingerprint density at radius 1 is 1.06 bits per heavy atom. The molecule has 0 radical (unpaired) electrons. The zero-order chi connectivity index (χ0) is 23.2. The highest BCUT2D eigenvalue weighted by Gasteiger charge is 2.66. The largest absolute Gasteiger partial charge is 0.507 e. The number of hydrogen-bond donors (Lipinski definition) is 1. The lowest BCUT2D eigenvalue weighted by molar-refractivity contribution is -0.143. The van der Waals surface area contributed by atoms with E-state index in [4.69, 9.17) is 4.74 Å². The third-order valence-electron chi connectivity index (χ3n) is 6.07. The van der Waals surface area contributed by atoms with Crippen LogP contribution >= 0.6 is 0 Å². The van der Waals surface area contributed by atoms with Crippen molar-refractivity contribution in [3.05, 3.63) is 65.2 Å². The van der Waals surface area contributed by atoms with Crippen molar-refractivity contribution in [2.24, 2.45) is 0 Å². The predicted molar refractivity (Wildman–Crippen MR) is 119 cm³/mol. The molecule has 2 aromatic rings. The Bertz CT molecular complexity index is 1140. The summed E-state index contributed by atoms with van der Waals surface area (Å²) in [7, 11) is 6.82. The molecule has 166 valence electrons. The molecule has 32 heavy (non-hydrogen) atoms. The molecule has 1 unspecified atom stereocenters. The molecule has 0 aromatic heterocycles. The quantitative estimate of drug-likeness (QED) is 0.438. The SMILES string of the molecule is COc1ccc(/C(O)=C2\C(=O)C(=O)N(CCN(C)C)C23C(=O)N(C)c2ccccc23)cc1. The molecule has 1 fully saturated rings. The summed E-state index contributed by atoms with van der Waals surface area (Å²) in [6.45, 7) is 0.585.